The molecule has 1 rings (SSSR count). The zero-order chi connectivity index (χ0) is 14.6. The molecule has 2 N–H and O–H groups in total. The molecule has 0 radical (unpaired) electrons. The van der Waals surface area contributed by atoms with Crippen LogP contribution in [0.2, 0.25) is 0 Å². The molecule has 1 aromatic rings. The van der Waals surface area contributed by atoms with Gasteiger partial charge in [-0.2, -0.15) is 0 Å². The fraction of sp³-hybridized carbons (Fsp3) is 0.500. The van der Waals surface area contributed by atoms with E-state index < -0.39 is 17.4 Å². The van der Waals surface area contributed by atoms with Crippen LogP contribution >= 0.6 is 0 Å². The second-order valence-electron chi connectivity index (χ2n) is 5.65. The summed E-state index contributed by atoms with van der Waals surface area (Å²) in [4.78, 5) is 27.2. The molecular formula is C14H20N2O3. The first-order valence-corrected chi connectivity index (χ1v) is 6.14. The Labute approximate surface area is 113 Å². The Kier molecular flexibility index (Phi) is 4.64. The largest absolute Gasteiger partial charge is 0.480 e. The van der Waals surface area contributed by atoms with Crippen LogP contribution in [0.5, 0.6) is 0 Å². The minimum Gasteiger partial charge on any atom is -0.480 e. The number of aliphatic carboxylic acids is 1. The van der Waals surface area contributed by atoms with E-state index >= 15 is 0 Å². The molecule has 19 heavy (non-hydrogen) atoms. The molecule has 0 fully saturated rings. The van der Waals surface area contributed by atoms with Gasteiger partial charge in [0.25, 0.3) is 0 Å². The van der Waals surface area contributed by atoms with Crippen molar-refractivity contribution in [3.63, 3.8) is 0 Å². The molecule has 1 amide bonds. The maximum absolute atomic E-state index is 11.9. The third-order valence-electron chi connectivity index (χ3n) is 2.86. The number of amides is 1. The molecular weight excluding hydrogens is 244 g/mol. The van der Waals surface area contributed by atoms with E-state index in [4.69, 9.17) is 5.11 Å². The predicted molar refractivity (Wildman–Crippen MR) is 71.7 cm³/mol. The van der Waals surface area contributed by atoms with E-state index in [1.54, 1.807) is 33.0 Å². The fourth-order valence-corrected chi connectivity index (χ4v) is 1.72. The normalized spacial score (nSPS) is 12.8. The molecule has 0 bridgehead atoms. The van der Waals surface area contributed by atoms with Crippen molar-refractivity contribution >= 4 is 11.9 Å². The van der Waals surface area contributed by atoms with Crippen molar-refractivity contribution in [1.29, 1.82) is 0 Å². The van der Waals surface area contributed by atoms with Gasteiger partial charge >= 0.3 is 5.97 Å². The van der Waals surface area contributed by atoms with Crippen molar-refractivity contribution in [2.45, 2.75) is 40.2 Å². The van der Waals surface area contributed by atoms with Crippen molar-refractivity contribution in [3.05, 3.63) is 29.6 Å². The number of carbonyl (C=O) groups excluding carboxylic acids is 1. The summed E-state index contributed by atoms with van der Waals surface area (Å²) in [5, 5.41) is 11.7. The number of carboxylic acid groups (broad SMARTS) is 1. The highest BCUT2D eigenvalue weighted by molar-refractivity contribution is 5.85. The molecule has 0 aromatic carbocycles. The zero-order valence-electron chi connectivity index (χ0n) is 11.7. The number of carboxylic acids is 1. The highest BCUT2D eigenvalue weighted by Gasteiger charge is 2.32. The third kappa shape index (κ3) is 4.35. The summed E-state index contributed by atoms with van der Waals surface area (Å²) in [5.74, 6) is -1.36. The quantitative estimate of drug-likeness (QED) is 0.864. The summed E-state index contributed by atoms with van der Waals surface area (Å²) in [7, 11) is 0. The molecule has 1 aromatic heterocycles. The molecule has 0 saturated carbocycles. The van der Waals surface area contributed by atoms with Crippen LogP contribution in [0.25, 0.3) is 0 Å². The highest BCUT2D eigenvalue weighted by atomic mass is 16.4. The van der Waals surface area contributed by atoms with Crippen LogP contribution in [0.15, 0.2) is 18.3 Å². The minimum absolute atomic E-state index is 0.0898. The van der Waals surface area contributed by atoms with Gasteiger partial charge in [0.2, 0.25) is 5.91 Å². The van der Waals surface area contributed by atoms with Crippen molar-refractivity contribution in [2.75, 3.05) is 0 Å². The number of rotatable bonds is 4. The number of pyridine rings is 1. The topological polar surface area (TPSA) is 79.3 Å². The fourth-order valence-electron chi connectivity index (χ4n) is 1.72. The molecule has 5 nitrogen and oxygen atoms in total. The maximum Gasteiger partial charge on any atom is 0.326 e. The molecule has 0 spiro atoms. The van der Waals surface area contributed by atoms with Crippen LogP contribution < -0.4 is 5.32 Å². The molecule has 0 aliphatic heterocycles. The SMILES string of the molecule is Cc1cccnc1CC(=O)N[C@@H](C(=O)O)C(C)(C)C. The molecule has 1 heterocycles. The van der Waals surface area contributed by atoms with Crippen LogP contribution in [0.4, 0.5) is 0 Å². The van der Waals surface area contributed by atoms with Gasteiger partial charge in [0.1, 0.15) is 6.04 Å². The molecule has 0 aliphatic rings. The van der Waals surface area contributed by atoms with E-state index in [2.05, 4.69) is 10.3 Å². The van der Waals surface area contributed by atoms with Gasteiger partial charge in [0, 0.05) is 6.20 Å². The highest BCUT2D eigenvalue weighted by Crippen LogP contribution is 2.19. The molecule has 0 unspecified atom stereocenters. The van der Waals surface area contributed by atoms with Crippen molar-refractivity contribution in [3.8, 4) is 0 Å². The van der Waals surface area contributed by atoms with E-state index in [9.17, 15) is 9.59 Å². The predicted octanol–water partition coefficient (Wildman–Crippen LogP) is 1.55. The lowest BCUT2D eigenvalue weighted by Crippen LogP contribution is -2.49. The van der Waals surface area contributed by atoms with Crippen LogP contribution in [0.3, 0.4) is 0 Å². The van der Waals surface area contributed by atoms with Gasteiger partial charge in [-0.3, -0.25) is 9.78 Å². The van der Waals surface area contributed by atoms with Gasteiger partial charge in [0.15, 0.2) is 0 Å². The minimum atomic E-state index is -1.03. The number of nitrogens with zero attached hydrogens (tertiary/aromatic N) is 1. The Morgan fingerprint density at radius 1 is 1.42 bits per heavy atom. The van der Waals surface area contributed by atoms with Gasteiger partial charge < -0.3 is 10.4 Å². The third-order valence-corrected chi connectivity index (χ3v) is 2.86. The molecule has 0 aliphatic carbocycles. The van der Waals surface area contributed by atoms with E-state index in [-0.39, 0.29) is 12.3 Å². The molecule has 104 valence electrons. The number of aryl methyl sites for hydroxylation is 1. The average Bonchev–Trinajstić information content (AvgIpc) is 2.27. The Morgan fingerprint density at radius 2 is 2.05 bits per heavy atom. The molecule has 1 atom stereocenters. The maximum atomic E-state index is 11.9. The number of hydrogen-bond donors (Lipinski definition) is 2. The summed E-state index contributed by atoms with van der Waals surface area (Å²) >= 11 is 0. The summed E-state index contributed by atoms with van der Waals surface area (Å²) in [6.07, 6.45) is 1.71. The number of nitrogens with one attached hydrogen (secondary N) is 1. The van der Waals surface area contributed by atoms with E-state index in [0.717, 1.165) is 5.56 Å². The van der Waals surface area contributed by atoms with Crippen molar-refractivity contribution in [1.82, 2.24) is 10.3 Å². The molecule has 0 saturated heterocycles. The first kappa shape index (κ1) is 15.1. The van der Waals surface area contributed by atoms with Crippen LogP contribution in [0, 0.1) is 12.3 Å². The van der Waals surface area contributed by atoms with E-state index in [0.29, 0.717) is 5.69 Å². The number of aromatic nitrogens is 1. The standard InChI is InChI=1S/C14H20N2O3/c1-9-6-5-7-15-10(9)8-11(17)16-12(13(18)19)14(2,3)4/h5-7,12H,8H2,1-4H3,(H,16,17)(H,18,19)/t12-/m0/s1. The Bertz CT molecular complexity index is 478. The van der Waals surface area contributed by atoms with Gasteiger partial charge in [-0.1, -0.05) is 26.8 Å². The first-order valence-electron chi connectivity index (χ1n) is 6.14. The summed E-state index contributed by atoms with van der Waals surface area (Å²) in [6, 6.07) is 2.75. The summed E-state index contributed by atoms with van der Waals surface area (Å²) < 4.78 is 0. The second-order valence-corrected chi connectivity index (χ2v) is 5.65. The average molecular weight is 264 g/mol. The van der Waals surface area contributed by atoms with Gasteiger partial charge in [-0.15, -0.1) is 0 Å². The summed E-state index contributed by atoms with van der Waals surface area (Å²) in [5.41, 5.74) is 1.04. The lowest BCUT2D eigenvalue weighted by Gasteiger charge is -2.27. The monoisotopic (exact) mass is 264 g/mol. The van der Waals surface area contributed by atoms with Crippen LogP contribution in [0.1, 0.15) is 32.0 Å². The lowest BCUT2D eigenvalue weighted by atomic mass is 9.86. The van der Waals surface area contributed by atoms with Crippen molar-refractivity contribution < 1.29 is 14.7 Å². The Balaban J connectivity index is 2.75. The van der Waals surface area contributed by atoms with E-state index in [1.165, 1.54) is 0 Å². The van der Waals surface area contributed by atoms with Gasteiger partial charge in [-0.05, 0) is 24.0 Å². The number of carbonyl (C=O) groups is 2. The zero-order valence-corrected chi connectivity index (χ0v) is 11.7. The van der Waals surface area contributed by atoms with Crippen molar-refractivity contribution in [2.24, 2.45) is 5.41 Å². The number of hydrogen-bond acceptors (Lipinski definition) is 3. The summed E-state index contributed by atoms with van der Waals surface area (Å²) in [6.45, 7) is 7.20. The van der Waals surface area contributed by atoms with Gasteiger partial charge in [0.05, 0.1) is 12.1 Å². The van der Waals surface area contributed by atoms with Gasteiger partial charge in [-0.25, -0.2) is 4.79 Å². The van der Waals surface area contributed by atoms with Crippen LogP contribution in [-0.2, 0) is 16.0 Å². The van der Waals surface area contributed by atoms with Crippen LogP contribution in [-0.4, -0.2) is 28.0 Å². The first-order chi connectivity index (χ1) is 8.71. The Morgan fingerprint density at radius 3 is 2.53 bits per heavy atom. The second kappa shape index (κ2) is 5.82. The smallest absolute Gasteiger partial charge is 0.326 e. The lowest BCUT2D eigenvalue weighted by molar-refractivity contribution is -0.144. The Hall–Kier alpha value is -1.91. The molecule has 5 heteroatoms. The van der Waals surface area contributed by atoms with E-state index in [1.807, 2.05) is 13.0 Å².